The number of nitrogen functional groups attached to an aromatic ring is 1. The van der Waals surface area contributed by atoms with Crippen LogP contribution in [0.4, 0.5) is 5.69 Å². The lowest BCUT2D eigenvalue weighted by atomic mass is 10.3. The van der Waals surface area contributed by atoms with Gasteiger partial charge in [0.15, 0.2) is 0 Å². The maximum absolute atomic E-state index is 12.4. The highest BCUT2D eigenvalue weighted by Crippen LogP contribution is 2.27. The second-order valence-electron chi connectivity index (χ2n) is 5.12. The van der Waals surface area contributed by atoms with Gasteiger partial charge in [0, 0.05) is 25.6 Å². The molecule has 1 saturated heterocycles. The number of hydrogen-bond acceptors (Lipinski definition) is 4. The molecule has 3 N–H and O–H groups in total. The Morgan fingerprint density at radius 2 is 2.19 bits per heavy atom. The van der Waals surface area contributed by atoms with Gasteiger partial charge in [0.1, 0.15) is 4.90 Å². The summed E-state index contributed by atoms with van der Waals surface area (Å²) < 4.78 is 27.2. The Hall–Kier alpha value is -1.31. The Labute approximate surface area is 129 Å². The number of rotatable bonds is 5. The molecule has 1 aliphatic rings. The number of anilines is 1. The van der Waals surface area contributed by atoms with E-state index in [4.69, 9.17) is 17.3 Å². The number of hydrogen-bond donors (Lipinski definition) is 2. The minimum Gasteiger partial charge on any atom is -0.398 e. The average Bonchev–Trinajstić information content (AvgIpc) is 2.73. The molecule has 1 unspecified atom stereocenters. The lowest BCUT2D eigenvalue weighted by molar-refractivity contribution is -0.127. The molecule has 116 valence electrons. The summed E-state index contributed by atoms with van der Waals surface area (Å²) in [7, 11) is -3.82. The molecular weight excluding hydrogens is 314 g/mol. The second kappa shape index (κ2) is 6.21. The molecule has 0 bridgehead atoms. The molecule has 1 fully saturated rings. The van der Waals surface area contributed by atoms with Gasteiger partial charge < -0.3 is 10.6 Å². The molecule has 2 rings (SSSR count). The van der Waals surface area contributed by atoms with E-state index in [1.807, 2.05) is 0 Å². The molecule has 0 aromatic heterocycles. The van der Waals surface area contributed by atoms with E-state index in [0.717, 1.165) is 6.42 Å². The quantitative estimate of drug-likeness (QED) is 0.793. The summed E-state index contributed by atoms with van der Waals surface area (Å²) >= 11 is 5.93. The fraction of sp³-hybridized carbons (Fsp3) is 0.462. The molecule has 1 atom stereocenters. The first-order chi connectivity index (χ1) is 9.81. The number of carbonyl (C=O) groups is 1. The van der Waals surface area contributed by atoms with Crippen LogP contribution >= 0.6 is 11.6 Å². The van der Waals surface area contributed by atoms with Crippen molar-refractivity contribution in [3.63, 3.8) is 0 Å². The largest absolute Gasteiger partial charge is 0.398 e. The zero-order valence-electron chi connectivity index (χ0n) is 11.7. The van der Waals surface area contributed by atoms with Crippen LogP contribution in [-0.4, -0.2) is 38.4 Å². The first-order valence-electron chi connectivity index (χ1n) is 6.65. The minimum atomic E-state index is -3.82. The molecule has 0 radical (unpaired) electrons. The van der Waals surface area contributed by atoms with Gasteiger partial charge in [0.05, 0.1) is 10.7 Å². The standard InChI is InChI=1S/C13H18ClN3O3S/c1-9(8-17-7-3-6-12(17)18)16-21(19,20)13-10(14)4-2-5-11(13)15/h2,4-5,9,16H,3,6-8,15H2,1H3. The molecule has 1 aromatic rings. The molecule has 0 spiro atoms. The smallest absolute Gasteiger partial charge is 0.244 e. The second-order valence-corrected chi connectivity index (χ2v) is 7.18. The predicted molar refractivity (Wildman–Crippen MR) is 81.5 cm³/mol. The van der Waals surface area contributed by atoms with E-state index in [1.54, 1.807) is 17.9 Å². The summed E-state index contributed by atoms with van der Waals surface area (Å²) in [5.74, 6) is 0.0540. The first-order valence-corrected chi connectivity index (χ1v) is 8.51. The Bertz CT molecular complexity index is 628. The maximum Gasteiger partial charge on any atom is 0.244 e. The van der Waals surface area contributed by atoms with Crippen molar-refractivity contribution in [2.45, 2.75) is 30.7 Å². The molecule has 6 nitrogen and oxygen atoms in total. The Morgan fingerprint density at radius 1 is 1.48 bits per heavy atom. The van der Waals surface area contributed by atoms with Crippen LogP contribution in [0.1, 0.15) is 19.8 Å². The lowest BCUT2D eigenvalue weighted by Crippen LogP contribution is -2.42. The normalized spacial score (nSPS) is 17.2. The van der Waals surface area contributed by atoms with Gasteiger partial charge in [-0.25, -0.2) is 13.1 Å². The lowest BCUT2D eigenvalue weighted by Gasteiger charge is -2.22. The fourth-order valence-electron chi connectivity index (χ4n) is 2.40. The zero-order valence-corrected chi connectivity index (χ0v) is 13.2. The van der Waals surface area contributed by atoms with E-state index in [-0.39, 0.29) is 21.5 Å². The summed E-state index contributed by atoms with van der Waals surface area (Å²) in [4.78, 5) is 13.1. The number of halogens is 1. The molecule has 1 aromatic carbocycles. The van der Waals surface area contributed by atoms with E-state index < -0.39 is 16.1 Å². The molecule has 1 heterocycles. The number of amides is 1. The molecule has 0 saturated carbocycles. The van der Waals surface area contributed by atoms with E-state index >= 15 is 0 Å². The first kappa shape index (κ1) is 16.1. The van der Waals surface area contributed by atoms with Gasteiger partial charge in [-0.3, -0.25) is 4.79 Å². The van der Waals surface area contributed by atoms with Crippen molar-refractivity contribution in [2.24, 2.45) is 0 Å². The van der Waals surface area contributed by atoms with Crippen LogP contribution in [0.2, 0.25) is 5.02 Å². The van der Waals surface area contributed by atoms with Crippen LogP contribution in [0.5, 0.6) is 0 Å². The molecule has 21 heavy (non-hydrogen) atoms. The number of likely N-dealkylation sites (tertiary alicyclic amines) is 1. The fourth-order valence-corrected chi connectivity index (χ4v) is 4.31. The molecule has 1 aliphatic heterocycles. The predicted octanol–water partition coefficient (Wildman–Crippen LogP) is 1.21. The summed E-state index contributed by atoms with van der Waals surface area (Å²) in [5, 5.41) is 0.0759. The van der Waals surface area contributed by atoms with Gasteiger partial charge in [0.25, 0.3) is 0 Å². The van der Waals surface area contributed by atoms with Crippen molar-refractivity contribution in [1.29, 1.82) is 0 Å². The van der Waals surface area contributed by atoms with Crippen LogP contribution in [0.15, 0.2) is 23.1 Å². The number of nitrogens with zero attached hydrogens (tertiary/aromatic N) is 1. The van der Waals surface area contributed by atoms with E-state index in [2.05, 4.69) is 4.72 Å². The number of nitrogens with two attached hydrogens (primary N) is 1. The van der Waals surface area contributed by atoms with Gasteiger partial charge in [-0.1, -0.05) is 17.7 Å². The summed E-state index contributed by atoms with van der Waals surface area (Å²) in [5.41, 5.74) is 5.80. The van der Waals surface area contributed by atoms with Crippen LogP contribution < -0.4 is 10.5 Å². The van der Waals surface area contributed by atoms with E-state index in [1.165, 1.54) is 12.1 Å². The average molecular weight is 332 g/mol. The Morgan fingerprint density at radius 3 is 2.76 bits per heavy atom. The van der Waals surface area contributed by atoms with Crippen LogP contribution in [-0.2, 0) is 14.8 Å². The van der Waals surface area contributed by atoms with Gasteiger partial charge in [0.2, 0.25) is 15.9 Å². The van der Waals surface area contributed by atoms with Crippen LogP contribution in [0.25, 0.3) is 0 Å². The van der Waals surface area contributed by atoms with Crippen molar-refractivity contribution in [1.82, 2.24) is 9.62 Å². The highest BCUT2D eigenvalue weighted by molar-refractivity contribution is 7.89. The van der Waals surface area contributed by atoms with Crippen LogP contribution in [0.3, 0.4) is 0 Å². The third-order valence-corrected chi connectivity index (χ3v) is 5.42. The van der Waals surface area contributed by atoms with Gasteiger partial charge in [-0.2, -0.15) is 0 Å². The highest BCUT2D eigenvalue weighted by Gasteiger charge is 2.26. The Kier molecular flexibility index (Phi) is 4.75. The van der Waals surface area contributed by atoms with Crippen molar-refractivity contribution < 1.29 is 13.2 Å². The SMILES string of the molecule is CC(CN1CCCC1=O)NS(=O)(=O)c1c(N)cccc1Cl. The monoisotopic (exact) mass is 331 g/mol. The van der Waals surface area contributed by atoms with Crippen molar-refractivity contribution in [3.05, 3.63) is 23.2 Å². The third-order valence-electron chi connectivity index (χ3n) is 3.29. The summed E-state index contributed by atoms with van der Waals surface area (Å²) in [6, 6.07) is 4.12. The molecule has 8 heteroatoms. The highest BCUT2D eigenvalue weighted by atomic mass is 35.5. The third kappa shape index (κ3) is 3.66. The summed E-state index contributed by atoms with van der Waals surface area (Å²) in [6.45, 7) is 2.71. The Balaban J connectivity index is 2.12. The maximum atomic E-state index is 12.4. The number of carbonyl (C=O) groups excluding carboxylic acids is 1. The molecule has 0 aliphatic carbocycles. The summed E-state index contributed by atoms with van der Waals surface area (Å²) in [6.07, 6.45) is 1.34. The van der Waals surface area contributed by atoms with Gasteiger partial charge in [-0.05, 0) is 25.5 Å². The minimum absolute atomic E-state index is 0.0540. The number of benzene rings is 1. The van der Waals surface area contributed by atoms with E-state index in [9.17, 15) is 13.2 Å². The number of sulfonamides is 1. The molecular formula is C13H18ClN3O3S. The van der Waals surface area contributed by atoms with Crippen LogP contribution in [0, 0.1) is 0 Å². The van der Waals surface area contributed by atoms with Crippen molar-refractivity contribution in [3.8, 4) is 0 Å². The zero-order chi connectivity index (χ0) is 15.6. The topological polar surface area (TPSA) is 92.5 Å². The van der Waals surface area contributed by atoms with Gasteiger partial charge in [-0.15, -0.1) is 0 Å². The molecule has 1 amide bonds. The van der Waals surface area contributed by atoms with Gasteiger partial charge >= 0.3 is 0 Å². The van der Waals surface area contributed by atoms with E-state index in [0.29, 0.717) is 19.5 Å². The number of nitrogens with one attached hydrogen (secondary N) is 1. The van der Waals surface area contributed by atoms with Crippen molar-refractivity contribution in [2.75, 3.05) is 18.8 Å². The van der Waals surface area contributed by atoms with Crippen molar-refractivity contribution >= 4 is 33.2 Å².